The summed E-state index contributed by atoms with van der Waals surface area (Å²) in [7, 11) is 4.01. The maximum Gasteiger partial charge on any atom is 0.166 e. The molecule has 0 radical (unpaired) electrons. The van der Waals surface area contributed by atoms with E-state index in [9.17, 15) is 0 Å². The average molecular weight is 299 g/mol. The second kappa shape index (κ2) is 3.46. The first-order chi connectivity index (χ1) is 10.7. The van der Waals surface area contributed by atoms with Crippen LogP contribution in [0.25, 0.3) is 0 Å². The van der Waals surface area contributed by atoms with Crippen LogP contribution in [-0.2, 0) is 16.6 Å². The molecule has 3 fully saturated rings. The summed E-state index contributed by atoms with van der Waals surface area (Å²) in [5.41, 5.74) is 2.94. The molecular weight excluding hydrogens is 278 g/mol. The van der Waals surface area contributed by atoms with Crippen molar-refractivity contribution in [2.45, 2.75) is 54.9 Å². The van der Waals surface area contributed by atoms with Crippen molar-refractivity contribution < 1.29 is 14.2 Å². The van der Waals surface area contributed by atoms with E-state index in [1.807, 2.05) is 0 Å². The van der Waals surface area contributed by atoms with Gasteiger partial charge in [0, 0.05) is 11.6 Å². The Morgan fingerprint density at radius 3 is 3.09 bits per heavy atom. The summed E-state index contributed by atoms with van der Waals surface area (Å²) in [6.07, 6.45) is 5.01. The number of hydrogen-bond acceptors (Lipinski definition) is 4. The van der Waals surface area contributed by atoms with Gasteiger partial charge >= 0.3 is 0 Å². The zero-order valence-corrected chi connectivity index (χ0v) is 13.1. The predicted molar refractivity (Wildman–Crippen MR) is 80.7 cm³/mol. The summed E-state index contributed by atoms with van der Waals surface area (Å²) in [5.74, 6) is 1.92. The Bertz CT molecular complexity index is 704. The first kappa shape index (κ1) is 12.2. The van der Waals surface area contributed by atoms with Crippen molar-refractivity contribution in [1.82, 2.24) is 4.90 Å². The highest BCUT2D eigenvalue weighted by molar-refractivity contribution is 5.64. The van der Waals surface area contributed by atoms with Gasteiger partial charge in [-0.2, -0.15) is 0 Å². The first-order valence-electron chi connectivity index (χ1n) is 8.46. The van der Waals surface area contributed by atoms with Crippen molar-refractivity contribution in [3.8, 4) is 11.5 Å². The molecule has 3 saturated heterocycles. The van der Waals surface area contributed by atoms with Crippen molar-refractivity contribution in [2.75, 3.05) is 20.7 Å². The van der Waals surface area contributed by atoms with E-state index in [1.165, 1.54) is 17.5 Å². The Balaban J connectivity index is 1.71. The number of likely N-dealkylation sites (N-methyl/N-ethyl adjacent to an activating group) is 1. The number of nitrogens with zero attached hydrogens (tertiary/aromatic N) is 1. The van der Waals surface area contributed by atoms with Crippen LogP contribution >= 0.6 is 0 Å². The van der Waals surface area contributed by atoms with E-state index >= 15 is 0 Å². The van der Waals surface area contributed by atoms with Crippen LogP contribution < -0.4 is 9.47 Å². The summed E-state index contributed by atoms with van der Waals surface area (Å²) < 4.78 is 18.8. The Morgan fingerprint density at radius 1 is 1.32 bits per heavy atom. The molecule has 4 nitrogen and oxygen atoms in total. The number of rotatable bonds is 1. The van der Waals surface area contributed by atoms with Crippen LogP contribution in [-0.4, -0.2) is 49.5 Å². The molecule has 116 valence electrons. The molecule has 2 spiro atoms. The van der Waals surface area contributed by atoms with Crippen LogP contribution in [0.1, 0.15) is 30.4 Å². The van der Waals surface area contributed by atoms with Crippen molar-refractivity contribution in [2.24, 2.45) is 0 Å². The minimum absolute atomic E-state index is 0.0278. The second-order valence-electron chi connectivity index (χ2n) is 7.68. The van der Waals surface area contributed by atoms with Crippen molar-refractivity contribution in [1.29, 1.82) is 0 Å². The summed E-state index contributed by atoms with van der Waals surface area (Å²) in [4.78, 5) is 2.53. The lowest BCUT2D eigenvalue weighted by molar-refractivity contribution is -0.115. The normalized spacial score (nSPS) is 46.5. The van der Waals surface area contributed by atoms with Crippen LogP contribution in [0.15, 0.2) is 12.1 Å². The van der Waals surface area contributed by atoms with Gasteiger partial charge in [-0.3, -0.25) is 0 Å². The average Bonchev–Trinajstić information content (AvgIpc) is 3.16. The van der Waals surface area contributed by atoms with Crippen LogP contribution in [0.2, 0.25) is 0 Å². The van der Waals surface area contributed by atoms with E-state index in [1.54, 1.807) is 7.11 Å². The number of likely N-dealkylation sites (tertiary alicyclic amines) is 1. The topological polar surface area (TPSA) is 30.9 Å². The van der Waals surface area contributed by atoms with Crippen molar-refractivity contribution in [3.63, 3.8) is 0 Å². The third-order valence-corrected chi connectivity index (χ3v) is 7.20. The maximum atomic E-state index is 6.67. The number of piperidine rings is 1. The van der Waals surface area contributed by atoms with Crippen molar-refractivity contribution >= 4 is 0 Å². The first-order valence-corrected chi connectivity index (χ1v) is 8.46. The lowest BCUT2D eigenvalue weighted by Crippen LogP contribution is -2.70. The molecule has 1 aromatic carbocycles. The van der Waals surface area contributed by atoms with Gasteiger partial charge in [0.2, 0.25) is 0 Å². The second-order valence-corrected chi connectivity index (χ2v) is 7.68. The van der Waals surface area contributed by atoms with Gasteiger partial charge < -0.3 is 19.1 Å². The molecule has 5 aliphatic rings. The molecule has 1 aromatic rings. The Morgan fingerprint density at radius 2 is 2.23 bits per heavy atom. The highest BCUT2D eigenvalue weighted by atomic mass is 16.6. The molecule has 0 aromatic heterocycles. The monoisotopic (exact) mass is 299 g/mol. The third kappa shape index (κ3) is 0.976. The summed E-state index contributed by atoms with van der Waals surface area (Å²) >= 11 is 0. The van der Waals surface area contributed by atoms with Gasteiger partial charge in [0.05, 0.1) is 24.2 Å². The molecule has 0 saturated carbocycles. The zero-order valence-electron chi connectivity index (χ0n) is 13.1. The fourth-order valence-electron chi connectivity index (χ4n) is 6.46. The van der Waals surface area contributed by atoms with Gasteiger partial charge in [-0.05, 0) is 50.9 Å². The molecule has 4 heteroatoms. The quantitative estimate of drug-likeness (QED) is 0.792. The van der Waals surface area contributed by atoms with Gasteiger partial charge in [0.25, 0.3) is 0 Å². The number of hydrogen-bond donors (Lipinski definition) is 0. The van der Waals surface area contributed by atoms with Gasteiger partial charge in [0.15, 0.2) is 11.5 Å². The highest BCUT2D eigenvalue weighted by Gasteiger charge is 2.79. The predicted octanol–water partition coefficient (Wildman–Crippen LogP) is 1.89. The fourth-order valence-corrected chi connectivity index (χ4v) is 6.46. The van der Waals surface area contributed by atoms with E-state index in [4.69, 9.17) is 14.2 Å². The van der Waals surface area contributed by atoms with Gasteiger partial charge in [0.1, 0.15) is 6.10 Å². The molecule has 4 heterocycles. The fraction of sp³-hybridized carbons (Fsp3) is 0.667. The van der Waals surface area contributed by atoms with Crippen LogP contribution in [0, 0.1) is 0 Å². The Labute approximate surface area is 130 Å². The van der Waals surface area contributed by atoms with E-state index in [-0.39, 0.29) is 23.2 Å². The summed E-state index contributed by atoms with van der Waals surface area (Å²) in [6, 6.07) is 4.84. The SMILES string of the molecule is COc1ccc2c3c1O[C@@H]1[C@@H]4CC[C@]5(O4)[C@H](C2)N(C)CC[C@@]315. The molecule has 0 N–H and O–H groups in total. The molecular formula is C18H21NO3. The van der Waals surface area contributed by atoms with Crippen LogP contribution in [0.5, 0.6) is 11.5 Å². The minimum atomic E-state index is -0.0278. The highest BCUT2D eigenvalue weighted by Crippen LogP contribution is 2.71. The molecule has 22 heavy (non-hydrogen) atoms. The van der Waals surface area contributed by atoms with E-state index in [0.29, 0.717) is 6.04 Å². The number of benzene rings is 1. The molecule has 0 unspecified atom stereocenters. The minimum Gasteiger partial charge on any atom is -0.493 e. The summed E-state index contributed by atoms with van der Waals surface area (Å²) in [5, 5.41) is 0. The van der Waals surface area contributed by atoms with E-state index in [2.05, 4.69) is 24.1 Å². The third-order valence-electron chi connectivity index (χ3n) is 7.20. The molecule has 4 bridgehead atoms. The van der Waals surface area contributed by atoms with Gasteiger partial charge in [-0.1, -0.05) is 6.07 Å². The molecule has 1 aliphatic carbocycles. The lowest BCUT2D eigenvalue weighted by Gasteiger charge is -2.58. The van der Waals surface area contributed by atoms with Crippen LogP contribution in [0.4, 0.5) is 0 Å². The maximum absolute atomic E-state index is 6.67. The number of fused-ring (bicyclic) bond motifs is 2. The van der Waals surface area contributed by atoms with E-state index < -0.39 is 0 Å². The standard InChI is InChI=1S/C18H21NO3/c1-19-8-7-17-14-10-3-4-11(20-2)15(14)21-16(17)12-5-6-18(17,22-12)13(19)9-10/h3-4,12-13,16H,5-9H2,1-2H3/t12-,13-,16+,17+,18-/m0/s1. The Kier molecular flexibility index (Phi) is 1.92. The van der Waals surface area contributed by atoms with Gasteiger partial charge in [-0.25, -0.2) is 0 Å². The molecule has 5 atom stereocenters. The number of methoxy groups -OCH3 is 1. The van der Waals surface area contributed by atoms with E-state index in [0.717, 1.165) is 37.3 Å². The van der Waals surface area contributed by atoms with Gasteiger partial charge in [-0.15, -0.1) is 0 Å². The largest absolute Gasteiger partial charge is 0.493 e. The summed E-state index contributed by atoms with van der Waals surface area (Å²) in [6.45, 7) is 1.14. The smallest absolute Gasteiger partial charge is 0.166 e. The molecule has 4 aliphatic heterocycles. The number of ether oxygens (including phenoxy) is 3. The lowest BCUT2D eigenvalue weighted by atomic mass is 9.51. The molecule has 6 rings (SSSR count). The van der Waals surface area contributed by atoms with Crippen LogP contribution in [0.3, 0.4) is 0 Å². The van der Waals surface area contributed by atoms with Crippen molar-refractivity contribution in [3.05, 3.63) is 23.3 Å². The molecule has 0 amide bonds. The zero-order chi connectivity index (χ0) is 14.7. The Hall–Kier alpha value is -1.26.